The summed E-state index contributed by atoms with van der Waals surface area (Å²) in [6.07, 6.45) is 3.61. The molecular weight excluding hydrogens is 458 g/mol. The van der Waals surface area contributed by atoms with Crippen molar-refractivity contribution in [1.82, 2.24) is 15.1 Å². The van der Waals surface area contributed by atoms with Crippen molar-refractivity contribution in [2.75, 3.05) is 52.4 Å². The Morgan fingerprint density at radius 1 is 0.838 bits per heavy atom. The van der Waals surface area contributed by atoms with Gasteiger partial charge in [0, 0.05) is 45.2 Å². The van der Waals surface area contributed by atoms with Gasteiger partial charge in [0.1, 0.15) is 17.6 Å². The Balaban J connectivity index is 1.08. The van der Waals surface area contributed by atoms with E-state index in [1.165, 1.54) is 54.9 Å². The molecule has 0 bridgehead atoms. The van der Waals surface area contributed by atoms with Gasteiger partial charge in [-0.15, -0.1) is 0 Å². The molecule has 0 spiro atoms. The summed E-state index contributed by atoms with van der Waals surface area (Å²) >= 11 is 0. The summed E-state index contributed by atoms with van der Waals surface area (Å²) in [4.78, 5) is 5.08. The van der Waals surface area contributed by atoms with Gasteiger partial charge in [0.2, 0.25) is 0 Å². The van der Waals surface area contributed by atoms with E-state index in [-0.39, 0.29) is 5.92 Å². The lowest BCUT2D eigenvalue weighted by atomic mass is 9.69. The smallest absolute Gasteiger partial charge is 0.124 e. The van der Waals surface area contributed by atoms with Crippen molar-refractivity contribution in [3.05, 3.63) is 95.1 Å². The van der Waals surface area contributed by atoms with Crippen molar-refractivity contribution in [3.8, 4) is 11.5 Å². The minimum absolute atomic E-state index is 0.274. The maximum atomic E-state index is 10.1. The van der Waals surface area contributed by atoms with Crippen LogP contribution in [-0.2, 0) is 6.42 Å². The lowest BCUT2D eigenvalue weighted by Gasteiger charge is -2.39. The average Bonchev–Trinajstić information content (AvgIpc) is 2.92. The van der Waals surface area contributed by atoms with E-state index >= 15 is 0 Å². The van der Waals surface area contributed by atoms with Crippen molar-refractivity contribution >= 4 is 0 Å². The van der Waals surface area contributed by atoms with E-state index < -0.39 is 0 Å². The second kappa shape index (κ2) is 11.3. The van der Waals surface area contributed by atoms with Crippen LogP contribution < -0.4 is 10.1 Å². The number of hydrogen-bond donors (Lipinski definition) is 2. The molecule has 2 fully saturated rings. The van der Waals surface area contributed by atoms with E-state index in [9.17, 15) is 5.11 Å². The molecule has 2 N–H and O–H groups in total. The van der Waals surface area contributed by atoms with Crippen LogP contribution in [0.4, 0.5) is 0 Å². The topological polar surface area (TPSA) is 48.0 Å². The third kappa shape index (κ3) is 5.69. The number of phenolic OH excluding ortho intramolecular Hbond substituents is 1. The lowest BCUT2D eigenvalue weighted by molar-refractivity contribution is 0.0176. The second-order valence-electron chi connectivity index (χ2n) is 10.9. The molecule has 3 aromatic carbocycles. The zero-order chi connectivity index (χ0) is 25.0. The molecule has 2 aliphatic heterocycles. The summed E-state index contributed by atoms with van der Waals surface area (Å²) in [6, 6.07) is 25.6. The molecule has 37 heavy (non-hydrogen) atoms. The van der Waals surface area contributed by atoms with Crippen LogP contribution in [0.3, 0.4) is 0 Å². The van der Waals surface area contributed by atoms with Gasteiger partial charge in [-0.25, -0.2) is 0 Å². The van der Waals surface area contributed by atoms with Crippen molar-refractivity contribution in [2.24, 2.45) is 0 Å². The highest BCUT2D eigenvalue weighted by Gasteiger charge is 2.32. The SMILES string of the molecule is Oc1ccc2c(c1)CCC(c1ccccc1)C2c1ccc(OC2CN(CCCN3CCNCC3)C2)cc1. The number of rotatable bonds is 8. The molecule has 3 aromatic rings. The summed E-state index contributed by atoms with van der Waals surface area (Å²) in [5.41, 5.74) is 5.31. The Morgan fingerprint density at radius 3 is 2.38 bits per heavy atom. The zero-order valence-electron chi connectivity index (χ0n) is 21.7. The molecule has 2 saturated heterocycles. The molecule has 2 heterocycles. The van der Waals surface area contributed by atoms with E-state index in [4.69, 9.17) is 4.74 Å². The first-order valence-electron chi connectivity index (χ1n) is 14.0. The largest absolute Gasteiger partial charge is 0.508 e. The number of likely N-dealkylation sites (tertiary alicyclic amines) is 1. The first-order valence-corrected chi connectivity index (χ1v) is 14.0. The van der Waals surface area contributed by atoms with Gasteiger partial charge in [0.05, 0.1) is 0 Å². The van der Waals surface area contributed by atoms with E-state index in [2.05, 4.69) is 75.8 Å². The molecule has 6 rings (SSSR count). The Hall–Kier alpha value is -2.86. The zero-order valence-corrected chi connectivity index (χ0v) is 21.7. The van der Waals surface area contributed by atoms with E-state index in [1.54, 1.807) is 0 Å². The van der Waals surface area contributed by atoms with E-state index in [1.807, 2.05) is 12.1 Å². The van der Waals surface area contributed by atoms with Gasteiger partial charge >= 0.3 is 0 Å². The fraction of sp³-hybridized carbons (Fsp3) is 0.438. The number of aromatic hydroxyl groups is 1. The van der Waals surface area contributed by atoms with Crippen molar-refractivity contribution in [2.45, 2.75) is 37.2 Å². The fourth-order valence-electron chi connectivity index (χ4n) is 6.46. The number of piperazine rings is 1. The third-order valence-corrected chi connectivity index (χ3v) is 8.44. The quantitative estimate of drug-likeness (QED) is 0.476. The van der Waals surface area contributed by atoms with Crippen LogP contribution in [0.5, 0.6) is 11.5 Å². The molecule has 1 aliphatic carbocycles. The van der Waals surface area contributed by atoms with Gasteiger partial charge < -0.3 is 20.1 Å². The lowest BCUT2D eigenvalue weighted by Crippen LogP contribution is -2.54. The number of hydrogen-bond acceptors (Lipinski definition) is 5. The summed E-state index contributed by atoms with van der Waals surface area (Å²) in [6.45, 7) is 9.05. The number of nitrogens with one attached hydrogen (secondary N) is 1. The van der Waals surface area contributed by atoms with Crippen LogP contribution in [0.1, 0.15) is 46.9 Å². The van der Waals surface area contributed by atoms with Crippen LogP contribution in [0.2, 0.25) is 0 Å². The number of phenols is 1. The first kappa shape index (κ1) is 24.5. The molecule has 194 valence electrons. The number of fused-ring (bicyclic) bond motifs is 1. The van der Waals surface area contributed by atoms with Crippen LogP contribution in [0.15, 0.2) is 72.8 Å². The van der Waals surface area contributed by atoms with Crippen molar-refractivity contribution < 1.29 is 9.84 Å². The molecule has 0 saturated carbocycles. The second-order valence-corrected chi connectivity index (χ2v) is 10.9. The molecule has 0 aromatic heterocycles. The Kier molecular flexibility index (Phi) is 7.45. The van der Waals surface area contributed by atoms with E-state index in [0.29, 0.717) is 17.8 Å². The Bertz CT molecular complexity index is 1150. The van der Waals surface area contributed by atoms with Gasteiger partial charge in [0.15, 0.2) is 0 Å². The standard InChI is InChI=1S/C32H39N3O2/c36-27-10-14-31-26(21-27)9-13-30(24-5-2-1-3-6-24)32(31)25-7-11-28(12-8-25)37-29-22-35(23-29)18-4-17-34-19-15-33-16-20-34/h1-3,5-8,10-12,14,21,29-30,32-33,36H,4,9,13,15-20,22-23H2. The summed E-state index contributed by atoms with van der Waals surface area (Å²) < 4.78 is 6.32. The van der Waals surface area contributed by atoms with Crippen molar-refractivity contribution in [1.29, 1.82) is 0 Å². The predicted octanol–water partition coefficient (Wildman–Crippen LogP) is 4.61. The minimum atomic E-state index is 0.274. The van der Waals surface area contributed by atoms with Gasteiger partial charge in [0.25, 0.3) is 0 Å². The first-order chi connectivity index (χ1) is 18.2. The van der Waals surface area contributed by atoms with Crippen LogP contribution in [0, 0.1) is 0 Å². The Morgan fingerprint density at radius 2 is 1.59 bits per heavy atom. The van der Waals surface area contributed by atoms with Crippen LogP contribution in [-0.4, -0.2) is 73.4 Å². The molecule has 5 nitrogen and oxygen atoms in total. The van der Waals surface area contributed by atoms with Gasteiger partial charge in [-0.2, -0.15) is 0 Å². The molecule has 3 aliphatic rings. The van der Waals surface area contributed by atoms with Crippen LogP contribution in [0.25, 0.3) is 0 Å². The molecule has 2 atom stereocenters. The highest BCUT2D eigenvalue weighted by atomic mass is 16.5. The normalized spacial score (nSPS) is 22.8. The van der Waals surface area contributed by atoms with Crippen LogP contribution >= 0.6 is 0 Å². The van der Waals surface area contributed by atoms with Gasteiger partial charge in [-0.05, 0) is 84.8 Å². The minimum Gasteiger partial charge on any atom is -0.508 e. The molecular formula is C32H39N3O2. The van der Waals surface area contributed by atoms with Gasteiger partial charge in [-0.3, -0.25) is 4.90 Å². The molecule has 5 heteroatoms. The average molecular weight is 498 g/mol. The van der Waals surface area contributed by atoms with Gasteiger partial charge in [-0.1, -0.05) is 48.5 Å². The van der Waals surface area contributed by atoms with E-state index in [0.717, 1.165) is 44.8 Å². The third-order valence-electron chi connectivity index (χ3n) is 8.44. The number of benzene rings is 3. The maximum Gasteiger partial charge on any atom is 0.124 e. The maximum absolute atomic E-state index is 10.1. The Labute approximate surface area is 221 Å². The monoisotopic (exact) mass is 497 g/mol. The fourth-order valence-corrected chi connectivity index (χ4v) is 6.46. The van der Waals surface area contributed by atoms with Crippen molar-refractivity contribution in [3.63, 3.8) is 0 Å². The highest BCUT2D eigenvalue weighted by Crippen LogP contribution is 2.47. The summed E-state index contributed by atoms with van der Waals surface area (Å²) in [7, 11) is 0. The summed E-state index contributed by atoms with van der Waals surface area (Å²) in [5, 5.41) is 13.5. The number of aryl methyl sites for hydroxylation is 1. The highest BCUT2D eigenvalue weighted by molar-refractivity contribution is 5.48. The molecule has 0 amide bonds. The predicted molar refractivity (Wildman–Crippen MR) is 149 cm³/mol. The molecule has 0 radical (unpaired) electrons. The summed E-state index contributed by atoms with van der Waals surface area (Å²) in [5.74, 6) is 2.02. The molecule has 2 unspecified atom stereocenters. The number of nitrogens with zero attached hydrogens (tertiary/aromatic N) is 2. The number of ether oxygens (including phenoxy) is 1.